The Morgan fingerprint density at radius 2 is 1.82 bits per heavy atom. The fourth-order valence-corrected chi connectivity index (χ4v) is 2.29. The molecule has 0 spiro atoms. The molecule has 2 aromatic carbocycles. The van der Waals surface area contributed by atoms with Gasteiger partial charge in [-0.2, -0.15) is 0 Å². The van der Waals surface area contributed by atoms with E-state index >= 15 is 0 Å². The van der Waals surface area contributed by atoms with Crippen molar-refractivity contribution in [3.05, 3.63) is 66.5 Å². The lowest BCUT2D eigenvalue weighted by Gasteiger charge is -2.10. The minimum absolute atomic E-state index is 0.0548. The third-order valence-corrected chi connectivity index (χ3v) is 3.36. The quantitative estimate of drug-likeness (QED) is 0.804. The Balaban J connectivity index is 1.81. The molecule has 3 rings (SSSR count). The van der Waals surface area contributed by atoms with Gasteiger partial charge in [0.1, 0.15) is 6.33 Å². The van der Waals surface area contributed by atoms with Gasteiger partial charge in [0, 0.05) is 12.6 Å². The van der Waals surface area contributed by atoms with Crippen LogP contribution in [0.1, 0.15) is 5.56 Å². The summed E-state index contributed by atoms with van der Waals surface area (Å²) in [4.78, 5) is 12.2. The molecule has 110 valence electrons. The van der Waals surface area contributed by atoms with Crippen molar-refractivity contribution in [2.75, 3.05) is 5.32 Å². The van der Waals surface area contributed by atoms with Gasteiger partial charge in [-0.25, -0.2) is 0 Å². The second-order valence-electron chi connectivity index (χ2n) is 5.02. The van der Waals surface area contributed by atoms with Crippen LogP contribution in [0.5, 0.6) is 0 Å². The number of carbonyl (C=O) groups excluding carboxylic acids is 1. The van der Waals surface area contributed by atoms with E-state index in [-0.39, 0.29) is 5.91 Å². The highest BCUT2D eigenvalue weighted by atomic mass is 16.1. The van der Waals surface area contributed by atoms with E-state index in [0.29, 0.717) is 6.42 Å². The average Bonchev–Trinajstić information content (AvgIpc) is 2.95. The summed E-state index contributed by atoms with van der Waals surface area (Å²) < 4.78 is 1.82. The Kier molecular flexibility index (Phi) is 3.96. The number of aromatic nitrogens is 3. The van der Waals surface area contributed by atoms with Crippen molar-refractivity contribution < 1.29 is 4.79 Å². The molecule has 0 bridgehead atoms. The molecule has 0 aliphatic heterocycles. The van der Waals surface area contributed by atoms with Gasteiger partial charge in [-0.05, 0) is 17.7 Å². The van der Waals surface area contributed by atoms with Crippen LogP contribution in [-0.2, 0) is 18.3 Å². The highest BCUT2D eigenvalue weighted by Gasteiger charge is 2.12. The molecule has 0 fully saturated rings. The summed E-state index contributed by atoms with van der Waals surface area (Å²) in [6, 6.07) is 17.3. The van der Waals surface area contributed by atoms with E-state index in [1.165, 1.54) is 0 Å². The van der Waals surface area contributed by atoms with Crippen molar-refractivity contribution in [1.82, 2.24) is 14.8 Å². The largest absolute Gasteiger partial charge is 0.325 e. The van der Waals surface area contributed by atoms with Crippen molar-refractivity contribution in [2.45, 2.75) is 6.42 Å². The zero-order valence-corrected chi connectivity index (χ0v) is 12.2. The molecule has 5 nitrogen and oxygen atoms in total. The van der Waals surface area contributed by atoms with Crippen LogP contribution in [0.15, 0.2) is 60.9 Å². The molecule has 3 aromatic rings. The van der Waals surface area contributed by atoms with Gasteiger partial charge in [-0.3, -0.25) is 4.79 Å². The first-order valence-electron chi connectivity index (χ1n) is 7.01. The van der Waals surface area contributed by atoms with Gasteiger partial charge in [0.2, 0.25) is 5.91 Å². The summed E-state index contributed by atoms with van der Waals surface area (Å²) in [6.07, 6.45) is 1.98. The summed E-state index contributed by atoms with van der Waals surface area (Å²) in [5.41, 5.74) is 2.57. The van der Waals surface area contributed by atoms with Gasteiger partial charge >= 0.3 is 0 Å². The molecular formula is C17H16N4O. The summed E-state index contributed by atoms with van der Waals surface area (Å²) >= 11 is 0. The van der Waals surface area contributed by atoms with Crippen LogP contribution >= 0.6 is 0 Å². The van der Waals surface area contributed by atoms with Gasteiger partial charge in [0.25, 0.3) is 0 Å². The van der Waals surface area contributed by atoms with Gasteiger partial charge in [0.05, 0.1) is 12.1 Å². The first-order chi connectivity index (χ1) is 10.7. The van der Waals surface area contributed by atoms with Crippen molar-refractivity contribution in [3.63, 3.8) is 0 Å². The number of nitrogens with zero attached hydrogens (tertiary/aromatic N) is 3. The number of anilines is 1. The number of para-hydroxylation sites is 1. The van der Waals surface area contributed by atoms with E-state index in [1.54, 1.807) is 6.33 Å². The molecule has 0 unspecified atom stereocenters. The van der Waals surface area contributed by atoms with Crippen molar-refractivity contribution in [2.24, 2.45) is 7.05 Å². The maximum atomic E-state index is 12.2. The number of benzene rings is 2. The number of nitrogens with one attached hydrogen (secondary N) is 1. The van der Waals surface area contributed by atoms with E-state index in [1.807, 2.05) is 66.2 Å². The highest BCUT2D eigenvalue weighted by Crippen LogP contribution is 2.25. The van der Waals surface area contributed by atoms with E-state index in [9.17, 15) is 4.79 Å². The second kappa shape index (κ2) is 6.22. The topological polar surface area (TPSA) is 59.8 Å². The number of aryl methyl sites for hydroxylation is 1. The van der Waals surface area contributed by atoms with E-state index in [4.69, 9.17) is 0 Å². The zero-order valence-electron chi connectivity index (χ0n) is 12.2. The fraction of sp³-hybridized carbons (Fsp3) is 0.118. The number of hydrogen-bond acceptors (Lipinski definition) is 3. The number of rotatable bonds is 4. The Labute approximate surface area is 128 Å². The first kappa shape index (κ1) is 14.0. The maximum absolute atomic E-state index is 12.2. The van der Waals surface area contributed by atoms with E-state index in [2.05, 4.69) is 15.5 Å². The Bertz CT molecular complexity index is 780. The Morgan fingerprint density at radius 1 is 1.09 bits per heavy atom. The van der Waals surface area contributed by atoms with Crippen molar-refractivity contribution in [3.8, 4) is 11.4 Å². The van der Waals surface area contributed by atoms with Crippen molar-refractivity contribution in [1.29, 1.82) is 0 Å². The van der Waals surface area contributed by atoms with Crippen molar-refractivity contribution >= 4 is 11.6 Å². The van der Waals surface area contributed by atoms with Gasteiger partial charge in [-0.15, -0.1) is 10.2 Å². The van der Waals surface area contributed by atoms with Gasteiger partial charge in [-0.1, -0.05) is 42.5 Å². The SMILES string of the molecule is Cn1cnnc1-c1ccccc1NC(=O)Cc1ccccc1. The summed E-state index contributed by atoms with van der Waals surface area (Å²) in [5, 5.41) is 10.9. The van der Waals surface area contributed by atoms with Crippen LogP contribution in [0.2, 0.25) is 0 Å². The maximum Gasteiger partial charge on any atom is 0.228 e. The molecular weight excluding hydrogens is 276 g/mol. The molecule has 0 aliphatic carbocycles. The number of amides is 1. The van der Waals surface area contributed by atoms with Crippen LogP contribution < -0.4 is 5.32 Å². The number of carbonyl (C=O) groups is 1. The fourth-order valence-electron chi connectivity index (χ4n) is 2.29. The van der Waals surface area contributed by atoms with Crippen LogP contribution in [0.25, 0.3) is 11.4 Å². The molecule has 1 heterocycles. The normalized spacial score (nSPS) is 10.4. The van der Waals surface area contributed by atoms with E-state index in [0.717, 1.165) is 22.6 Å². The van der Waals surface area contributed by atoms with Crippen LogP contribution in [0.3, 0.4) is 0 Å². The molecule has 0 radical (unpaired) electrons. The monoisotopic (exact) mass is 292 g/mol. The molecule has 22 heavy (non-hydrogen) atoms. The lowest BCUT2D eigenvalue weighted by molar-refractivity contribution is -0.115. The Hall–Kier alpha value is -2.95. The summed E-state index contributed by atoms with van der Waals surface area (Å²) in [7, 11) is 1.87. The Morgan fingerprint density at radius 3 is 2.55 bits per heavy atom. The van der Waals surface area contributed by atoms with E-state index < -0.39 is 0 Å². The molecule has 1 N–H and O–H groups in total. The molecule has 1 aromatic heterocycles. The molecule has 0 aliphatic rings. The third-order valence-electron chi connectivity index (χ3n) is 3.36. The van der Waals surface area contributed by atoms with Gasteiger partial charge in [0.15, 0.2) is 5.82 Å². The standard InChI is InChI=1S/C17H16N4O/c1-21-12-18-20-17(21)14-9-5-6-10-15(14)19-16(22)11-13-7-3-2-4-8-13/h2-10,12H,11H2,1H3,(H,19,22). The smallest absolute Gasteiger partial charge is 0.228 e. The highest BCUT2D eigenvalue weighted by molar-refractivity contribution is 5.95. The van der Waals surface area contributed by atoms with Crippen LogP contribution in [0.4, 0.5) is 5.69 Å². The average molecular weight is 292 g/mol. The van der Waals surface area contributed by atoms with Gasteiger partial charge < -0.3 is 9.88 Å². The summed E-state index contributed by atoms with van der Waals surface area (Å²) in [6.45, 7) is 0. The summed E-state index contributed by atoms with van der Waals surface area (Å²) in [5.74, 6) is 0.663. The third kappa shape index (κ3) is 3.03. The second-order valence-corrected chi connectivity index (χ2v) is 5.02. The molecule has 1 amide bonds. The lowest BCUT2D eigenvalue weighted by Crippen LogP contribution is -2.15. The first-order valence-corrected chi connectivity index (χ1v) is 7.01. The number of hydrogen-bond donors (Lipinski definition) is 1. The molecule has 0 saturated heterocycles. The van der Waals surface area contributed by atoms with Crippen LogP contribution in [0, 0.1) is 0 Å². The molecule has 0 atom stereocenters. The molecule has 0 saturated carbocycles. The minimum Gasteiger partial charge on any atom is -0.325 e. The van der Waals surface area contributed by atoms with Crippen LogP contribution in [-0.4, -0.2) is 20.7 Å². The lowest BCUT2D eigenvalue weighted by atomic mass is 10.1. The molecule has 5 heteroatoms. The minimum atomic E-state index is -0.0548. The predicted molar refractivity (Wildman–Crippen MR) is 85.2 cm³/mol. The predicted octanol–water partition coefficient (Wildman–Crippen LogP) is 2.66. The zero-order chi connectivity index (χ0) is 15.4.